The van der Waals surface area contributed by atoms with Gasteiger partial charge < -0.3 is 5.32 Å². The van der Waals surface area contributed by atoms with Crippen molar-refractivity contribution in [2.45, 2.75) is 64.0 Å². The lowest BCUT2D eigenvalue weighted by Gasteiger charge is -2.51. The molecular weight excluding hydrogens is 220 g/mol. The topological polar surface area (TPSA) is 15.3 Å². The Hall–Kier alpha value is -0.340. The largest absolute Gasteiger partial charge is 0.308 e. The van der Waals surface area contributed by atoms with Crippen LogP contribution in [0.25, 0.3) is 0 Å². The van der Waals surface area contributed by atoms with Crippen molar-refractivity contribution in [1.82, 2.24) is 10.2 Å². The fourth-order valence-corrected chi connectivity index (χ4v) is 3.73. The predicted octanol–water partition coefficient (Wildman–Crippen LogP) is 3.20. The van der Waals surface area contributed by atoms with E-state index in [0.717, 1.165) is 12.3 Å². The van der Waals surface area contributed by atoms with Crippen molar-refractivity contribution in [3.05, 3.63) is 12.7 Å². The molecule has 1 atom stereocenters. The molecule has 2 aliphatic rings. The van der Waals surface area contributed by atoms with Gasteiger partial charge in [-0.1, -0.05) is 39.2 Å². The van der Waals surface area contributed by atoms with Crippen LogP contribution in [0.15, 0.2) is 12.7 Å². The Morgan fingerprint density at radius 1 is 1.33 bits per heavy atom. The van der Waals surface area contributed by atoms with E-state index in [0.29, 0.717) is 11.6 Å². The van der Waals surface area contributed by atoms with Crippen LogP contribution in [0.5, 0.6) is 0 Å². The van der Waals surface area contributed by atoms with Gasteiger partial charge in [0.05, 0.1) is 0 Å². The van der Waals surface area contributed by atoms with Crippen LogP contribution in [-0.2, 0) is 0 Å². The summed E-state index contributed by atoms with van der Waals surface area (Å²) in [6.45, 7) is 12.2. The number of hydrogen-bond donors (Lipinski definition) is 1. The minimum Gasteiger partial charge on any atom is -0.308 e. The van der Waals surface area contributed by atoms with Gasteiger partial charge in [0, 0.05) is 31.2 Å². The lowest BCUT2D eigenvalue weighted by Crippen LogP contribution is -2.65. The Bertz CT molecular complexity index is 266. The summed E-state index contributed by atoms with van der Waals surface area (Å²) in [6, 6.07) is 0.706. The molecule has 2 rings (SSSR count). The van der Waals surface area contributed by atoms with E-state index >= 15 is 0 Å². The molecule has 0 aromatic carbocycles. The van der Waals surface area contributed by atoms with Crippen molar-refractivity contribution in [3.8, 4) is 0 Å². The van der Waals surface area contributed by atoms with Crippen LogP contribution in [0, 0.1) is 5.92 Å². The molecule has 0 radical (unpaired) electrons. The Kier molecular flexibility index (Phi) is 4.85. The highest BCUT2D eigenvalue weighted by Gasteiger charge is 2.40. The second-order valence-corrected chi connectivity index (χ2v) is 6.58. The molecule has 2 heteroatoms. The van der Waals surface area contributed by atoms with Crippen molar-refractivity contribution < 1.29 is 0 Å². The van der Waals surface area contributed by atoms with Crippen LogP contribution in [0.2, 0.25) is 0 Å². The molecule has 0 aromatic heterocycles. The number of piperazine rings is 1. The smallest absolute Gasteiger partial charge is 0.0309 e. The van der Waals surface area contributed by atoms with E-state index in [1.165, 1.54) is 51.7 Å². The number of nitrogens with one attached hydrogen (secondary N) is 1. The van der Waals surface area contributed by atoms with Gasteiger partial charge in [0.25, 0.3) is 0 Å². The van der Waals surface area contributed by atoms with Crippen molar-refractivity contribution in [3.63, 3.8) is 0 Å². The molecule has 2 nitrogen and oxygen atoms in total. The second-order valence-electron chi connectivity index (χ2n) is 6.58. The van der Waals surface area contributed by atoms with Gasteiger partial charge in [0.15, 0.2) is 0 Å². The van der Waals surface area contributed by atoms with E-state index in [-0.39, 0.29) is 0 Å². The highest BCUT2D eigenvalue weighted by Crippen LogP contribution is 2.33. The average molecular weight is 250 g/mol. The summed E-state index contributed by atoms with van der Waals surface area (Å²) < 4.78 is 0. The molecule has 1 saturated carbocycles. The summed E-state index contributed by atoms with van der Waals surface area (Å²) in [5.41, 5.74) is 0.435. The first kappa shape index (κ1) is 14.1. The van der Waals surface area contributed by atoms with Crippen LogP contribution in [0.4, 0.5) is 0 Å². The Balaban J connectivity index is 2.01. The summed E-state index contributed by atoms with van der Waals surface area (Å²) >= 11 is 0. The van der Waals surface area contributed by atoms with E-state index in [2.05, 4.69) is 36.7 Å². The number of nitrogens with zero attached hydrogens (tertiary/aromatic N) is 1. The first-order valence-electron chi connectivity index (χ1n) is 7.77. The van der Waals surface area contributed by atoms with Gasteiger partial charge in [-0.2, -0.15) is 0 Å². The van der Waals surface area contributed by atoms with Crippen molar-refractivity contribution >= 4 is 0 Å². The third kappa shape index (κ3) is 3.16. The highest BCUT2D eigenvalue weighted by molar-refractivity contribution is 5.00. The van der Waals surface area contributed by atoms with Crippen LogP contribution in [0.3, 0.4) is 0 Å². The zero-order chi connectivity index (χ0) is 13.0. The van der Waals surface area contributed by atoms with Gasteiger partial charge >= 0.3 is 0 Å². The van der Waals surface area contributed by atoms with Crippen LogP contribution in [0.1, 0.15) is 52.4 Å². The fourth-order valence-electron chi connectivity index (χ4n) is 3.73. The molecule has 0 bridgehead atoms. The Morgan fingerprint density at radius 3 is 2.67 bits per heavy atom. The maximum atomic E-state index is 3.90. The minimum atomic E-state index is 0.435. The molecule has 0 amide bonds. The Morgan fingerprint density at radius 2 is 2.06 bits per heavy atom. The molecule has 1 N–H and O–H groups in total. The van der Waals surface area contributed by atoms with Gasteiger partial charge in [-0.25, -0.2) is 0 Å². The summed E-state index contributed by atoms with van der Waals surface area (Å²) in [4.78, 5) is 2.73. The van der Waals surface area contributed by atoms with Crippen LogP contribution >= 0.6 is 0 Å². The predicted molar refractivity (Wildman–Crippen MR) is 78.8 cm³/mol. The van der Waals surface area contributed by atoms with Crippen LogP contribution < -0.4 is 5.32 Å². The maximum absolute atomic E-state index is 3.90. The molecular formula is C16H30N2. The number of hydrogen-bond acceptors (Lipinski definition) is 2. The molecule has 1 aliphatic carbocycles. The van der Waals surface area contributed by atoms with E-state index < -0.39 is 0 Å². The summed E-state index contributed by atoms with van der Waals surface area (Å²) in [7, 11) is 0. The standard InChI is InChI=1S/C16H30N2/c1-4-5-11-18-13-16(9-7-6-8-10-16)17-12-15(18)14(2)3/h4,14-15,17H,1,5-13H2,2-3H3. The third-order valence-electron chi connectivity index (χ3n) is 4.86. The zero-order valence-electron chi connectivity index (χ0n) is 12.3. The molecule has 104 valence electrons. The molecule has 1 unspecified atom stereocenters. The Labute approximate surface area is 113 Å². The van der Waals surface area contributed by atoms with Crippen LogP contribution in [-0.4, -0.2) is 36.1 Å². The number of rotatable bonds is 4. The highest BCUT2D eigenvalue weighted by atomic mass is 15.3. The minimum absolute atomic E-state index is 0.435. The normalized spacial score (nSPS) is 28.7. The SMILES string of the molecule is C=CCCN1CC2(CCCCC2)NCC1C(C)C. The molecule has 1 aliphatic heterocycles. The van der Waals surface area contributed by atoms with E-state index in [1.807, 2.05) is 0 Å². The van der Waals surface area contributed by atoms with Gasteiger partial charge in [-0.15, -0.1) is 6.58 Å². The van der Waals surface area contributed by atoms with E-state index in [1.54, 1.807) is 0 Å². The molecule has 1 heterocycles. The lowest BCUT2D eigenvalue weighted by atomic mass is 9.78. The van der Waals surface area contributed by atoms with Crippen molar-refractivity contribution in [1.29, 1.82) is 0 Å². The third-order valence-corrected chi connectivity index (χ3v) is 4.86. The van der Waals surface area contributed by atoms with E-state index in [9.17, 15) is 0 Å². The average Bonchev–Trinajstić information content (AvgIpc) is 2.37. The molecule has 1 saturated heterocycles. The lowest BCUT2D eigenvalue weighted by molar-refractivity contribution is 0.0378. The maximum Gasteiger partial charge on any atom is 0.0309 e. The monoisotopic (exact) mass is 250 g/mol. The summed E-state index contributed by atoms with van der Waals surface area (Å²) in [5, 5.41) is 3.90. The van der Waals surface area contributed by atoms with Crippen molar-refractivity contribution in [2.24, 2.45) is 5.92 Å². The van der Waals surface area contributed by atoms with Gasteiger partial charge in [-0.05, 0) is 25.2 Å². The quantitative estimate of drug-likeness (QED) is 0.771. The zero-order valence-corrected chi connectivity index (χ0v) is 12.3. The first-order valence-corrected chi connectivity index (χ1v) is 7.77. The molecule has 2 fully saturated rings. The summed E-state index contributed by atoms with van der Waals surface area (Å²) in [5.74, 6) is 0.739. The fraction of sp³-hybridized carbons (Fsp3) is 0.875. The van der Waals surface area contributed by atoms with Gasteiger partial charge in [0.2, 0.25) is 0 Å². The second kappa shape index (κ2) is 6.21. The molecule has 1 spiro atoms. The van der Waals surface area contributed by atoms with Gasteiger partial charge in [0.1, 0.15) is 0 Å². The molecule has 18 heavy (non-hydrogen) atoms. The first-order chi connectivity index (χ1) is 8.67. The summed E-state index contributed by atoms with van der Waals surface area (Å²) in [6.07, 6.45) is 10.2. The van der Waals surface area contributed by atoms with Crippen molar-refractivity contribution in [2.75, 3.05) is 19.6 Å². The van der Waals surface area contributed by atoms with Gasteiger partial charge in [-0.3, -0.25) is 4.90 Å². The van der Waals surface area contributed by atoms with E-state index in [4.69, 9.17) is 0 Å². The molecule has 0 aromatic rings.